The summed E-state index contributed by atoms with van der Waals surface area (Å²) in [7, 11) is 4.60. The fourth-order valence-electron chi connectivity index (χ4n) is 4.76. The van der Waals surface area contributed by atoms with Crippen LogP contribution >= 0.6 is 0 Å². The van der Waals surface area contributed by atoms with Gasteiger partial charge in [-0.3, -0.25) is 19.4 Å². The molecule has 0 bridgehead atoms. The van der Waals surface area contributed by atoms with E-state index in [4.69, 9.17) is 9.47 Å². The SMILES string of the molecule is COCc1ccc(Nc2cc(Nc3ccc(C(=O)N4CCCC4)c(C(F)(F)F)n3)nc3[nH]n(C)c(=O)c23)c(OC)c1. The highest BCUT2D eigenvalue weighted by Crippen LogP contribution is 2.35. The summed E-state index contributed by atoms with van der Waals surface area (Å²) < 4.78 is 53.8. The highest BCUT2D eigenvalue weighted by atomic mass is 19.4. The number of hydrogen-bond donors (Lipinski definition) is 3. The second kappa shape index (κ2) is 11.1. The Morgan fingerprint density at radius 3 is 2.46 bits per heavy atom. The molecule has 14 heteroatoms. The van der Waals surface area contributed by atoms with Crippen molar-refractivity contribution in [2.75, 3.05) is 37.9 Å². The minimum absolute atomic E-state index is 0.107. The molecule has 3 aromatic heterocycles. The van der Waals surface area contributed by atoms with E-state index in [9.17, 15) is 22.8 Å². The standard InChI is InChI=1S/C27H28F3N7O4/c1-36-26(39)22-18(31-17-8-6-15(14-40-2)12-19(17)41-3)13-21(34-24(22)35-36)32-20-9-7-16(23(33-20)27(28,29)30)25(38)37-10-4-5-11-37/h6-9,12-13H,4-5,10-11,14H2,1-3H3,(H3,31,32,33,34,35). The number of likely N-dealkylation sites (tertiary alicyclic amines) is 1. The molecule has 1 fully saturated rings. The number of alkyl halides is 3. The quantitative estimate of drug-likeness (QED) is 0.281. The largest absolute Gasteiger partial charge is 0.495 e. The van der Waals surface area contributed by atoms with Gasteiger partial charge in [0.1, 0.15) is 22.8 Å². The Kier molecular flexibility index (Phi) is 7.58. The van der Waals surface area contributed by atoms with Gasteiger partial charge in [0.15, 0.2) is 11.3 Å². The van der Waals surface area contributed by atoms with Gasteiger partial charge in [-0.1, -0.05) is 6.07 Å². The van der Waals surface area contributed by atoms with Crippen LogP contribution in [0.1, 0.15) is 34.5 Å². The molecule has 0 aliphatic carbocycles. The van der Waals surface area contributed by atoms with E-state index in [2.05, 4.69) is 25.7 Å². The fraction of sp³-hybridized carbons (Fsp3) is 0.333. The maximum absolute atomic E-state index is 14.0. The molecule has 0 saturated carbocycles. The number of pyridine rings is 2. The number of amides is 1. The number of methoxy groups -OCH3 is 2. The summed E-state index contributed by atoms with van der Waals surface area (Å²) in [5.41, 5.74) is -0.228. The monoisotopic (exact) mass is 571 g/mol. The number of nitrogens with one attached hydrogen (secondary N) is 3. The Morgan fingerprint density at radius 2 is 1.78 bits per heavy atom. The van der Waals surface area contributed by atoms with Crippen molar-refractivity contribution in [2.45, 2.75) is 25.6 Å². The number of hydrogen-bond acceptors (Lipinski definition) is 8. The van der Waals surface area contributed by atoms with Gasteiger partial charge in [0.2, 0.25) is 0 Å². The molecule has 1 aromatic carbocycles. The van der Waals surface area contributed by atoms with Gasteiger partial charge >= 0.3 is 6.18 Å². The predicted molar refractivity (Wildman–Crippen MR) is 146 cm³/mol. The number of carbonyl (C=O) groups excluding carboxylic acids is 1. The molecule has 1 saturated heterocycles. The Morgan fingerprint density at radius 1 is 1.02 bits per heavy atom. The number of anilines is 4. The van der Waals surface area contributed by atoms with Crippen LogP contribution in [-0.2, 0) is 24.6 Å². The van der Waals surface area contributed by atoms with E-state index in [1.165, 1.54) is 35.9 Å². The van der Waals surface area contributed by atoms with Gasteiger partial charge < -0.3 is 25.0 Å². The summed E-state index contributed by atoms with van der Waals surface area (Å²) in [6.45, 7) is 1.19. The van der Waals surface area contributed by atoms with Crippen LogP contribution in [0.15, 0.2) is 41.2 Å². The molecular weight excluding hydrogens is 543 g/mol. The lowest BCUT2D eigenvalue weighted by Crippen LogP contribution is -2.30. The third-order valence-corrected chi connectivity index (χ3v) is 6.70. The third-order valence-electron chi connectivity index (χ3n) is 6.70. The van der Waals surface area contributed by atoms with Gasteiger partial charge in [0, 0.05) is 33.3 Å². The molecule has 5 rings (SSSR count). The molecule has 1 aliphatic rings. The summed E-state index contributed by atoms with van der Waals surface area (Å²) in [4.78, 5) is 35.2. The fourth-order valence-corrected chi connectivity index (χ4v) is 4.76. The first kappa shape index (κ1) is 28.0. The molecule has 4 heterocycles. The molecule has 1 amide bonds. The molecule has 0 radical (unpaired) electrons. The lowest BCUT2D eigenvalue weighted by atomic mass is 10.1. The number of fused-ring (bicyclic) bond motifs is 1. The Bertz CT molecular complexity index is 1660. The molecule has 11 nitrogen and oxygen atoms in total. The molecular formula is C27H28F3N7O4. The molecule has 1 aliphatic heterocycles. The summed E-state index contributed by atoms with van der Waals surface area (Å²) in [6.07, 6.45) is -3.37. The van der Waals surface area contributed by atoms with Gasteiger partial charge in [0.05, 0.1) is 30.7 Å². The van der Waals surface area contributed by atoms with Crippen molar-refractivity contribution < 1.29 is 27.4 Å². The zero-order valence-electron chi connectivity index (χ0n) is 22.6. The molecule has 0 atom stereocenters. The van der Waals surface area contributed by atoms with Crippen molar-refractivity contribution in [3.8, 4) is 5.75 Å². The van der Waals surface area contributed by atoms with Crippen LogP contribution < -0.4 is 20.9 Å². The van der Waals surface area contributed by atoms with Gasteiger partial charge in [0.25, 0.3) is 11.5 Å². The van der Waals surface area contributed by atoms with Crippen molar-refractivity contribution in [1.29, 1.82) is 0 Å². The molecule has 3 N–H and O–H groups in total. The number of ether oxygens (including phenoxy) is 2. The van der Waals surface area contributed by atoms with E-state index in [0.717, 1.165) is 24.5 Å². The molecule has 41 heavy (non-hydrogen) atoms. The first-order valence-electron chi connectivity index (χ1n) is 12.8. The van der Waals surface area contributed by atoms with Crippen LogP contribution in [0.4, 0.5) is 36.2 Å². The predicted octanol–water partition coefficient (Wildman–Crippen LogP) is 4.55. The molecule has 216 valence electrons. The highest BCUT2D eigenvalue weighted by molar-refractivity contribution is 5.96. The van der Waals surface area contributed by atoms with Gasteiger partial charge in [-0.15, -0.1) is 0 Å². The topological polar surface area (TPSA) is 126 Å². The summed E-state index contributed by atoms with van der Waals surface area (Å²) >= 11 is 0. The lowest BCUT2D eigenvalue weighted by molar-refractivity contribution is -0.141. The van der Waals surface area contributed by atoms with E-state index in [1.807, 2.05) is 6.07 Å². The van der Waals surface area contributed by atoms with Gasteiger partial charge in [-0.05, 0) is 42.7 Å². The maximum Gasteiger partial charge on any atom is 0.434 e. The normalized spacial score (nSPS) is 13.6. The molecule has 4 aromatic rings. The van der Waals surface area contributed by atoms with Gasteiger partial charge in [-0.25, -0.2) is 9.97 Å². The Labute approximate surface area is 232 Å². The van der Waals surface area contributed by atoms with E-state index in [1.54, 1.807) is 19.2 Å². The number of rotatable bonds is 8. The second-order valence-corrected chi connectivity index (χ2v) is 9.56. The number of H-pyrrole nitrogens is 1. The first-order chi connectivity index (χ1) is 19.6. The van der Waals surface area contributed by atoms with Crippen molar-refractivity contribution >= 4 is 40.0 Å². The van der Waals surface area contributed by atoms with Gasteiger partial charge in [-0.2, -0.15) is 13.2 Å². The minimum Gasteiger partial charge on any atom is -0.495 e. The van der Waals surface area contributed by atoms with E-state index >= 15 is 0 Å². The zero-order chi connectivity index (χ0) is 29.3. The lowest BCUT2D eigenvalue weighted by Gasteiger charge is -2.19. The van der Waals surface area contributed by atoms with E-state index < -0.39 is 23.3 Å². The molecule has 0 spiro atoms. The van der Waals surface area contributed by atoms with E-state index in [0.29, 0.717) is 36.8 Å². The number of aromatic nitrogens is 4. The molecule has 0 unspecified atom stereocenters. The van der Waals surface area contributed by atoms with Crippen LogP contribution in [0.3, 0.4) is 0 Å². The summed E-state index contributed by atoms with van der Waals surface area (Å²) in [5, 5.41) is 9.04. The number of aryl methyl sites for hydroxylation is 1. The number of aromatic amines is 1. The summed E-state index contributed by atoms with van der Waals surface area (Å²) in [6, 6.07) is 9.27. The van der Waals surface area contributed by atoms with Crippen molar-refractivity contribution in [2.24, 2.45) is 7.05 Å². The van der Waals surface area contributed by atoms with Crippen LogP contribution in [0.25, 0.3) is 11.0 Å². The van der Waals surface area contributed by atoms with Crippen molar-refractivity contribution in [3.05, 3.63) is 63.6 Å². The average molecular weight is 572 g/mol. The maximum atomic E-state index is 14.0. The number of halogens is 3. The number of carbonyl (C=O) groups is 1. The second-order valence-electron chi connectivity index (χ2n) is 9.56. The van der Waals surface area contributed by atoms with E-state index in [-0.39, 0.29) is 28.2 Å². The highest BCUT2D eigenvalue weighted by Gasteiger charge is 2.39. The van der Waals surface area contributed by atoms with Crippen LogP contribution in [0, 0.1) is 0 Å². The van der Waals surface area contributed by atoms with Crippen molar-refractivity contribution in [1.82, 2.24) is 24.6 Å². The number of nitrogens with zero attached hydrogens (tertiary/aromatic N) is 4. The minimum atomic E-state index is -4.86. The first-order valence-corrected chi connectivity index (χ1v) is 12.8. The van der Waals surface area contributed by atoms with Crippen LogP contribution in [0.5, 0.6) is 5.75 Å². The Balaban J connectivity index is 1.53. The summed E-state index contributed by atoms with van der Waals surface area (Å²) in [5.74, 6) is -0.280. The Hall–Kier alpha value is -4.59. The smallest absolute Gasteiger partial charge is 0.434 e. The third kappa shape index (κ3) is 5.68. The van der Waals surface area contributed by atoms with Crippen LogP contribution in [-0.4, -0.2) is 57.9 Å². The zero-order valence-corrected chi connectivity index (χ0v) is 22.6. The van der Waals surface area contributed by atoms with Crippen molar-refractivity contribution in [3.63, 3.8) is 0 Å². The average Bonchev–Trinajstić information content (AvgIpc) is 3.57. The van der Waals surface area contributed by atoms with Crippen LogP contribution in [0.2, 0.25) is 0 Å². The number of benzene rings is 1.